The van der Waals surface area contributed by atoms with Gasteiger partial charge in [0.25, 0.3) is 0 Å². The number of hydrogen-bond donors (Lipinski definition) is 1. The summed E-state index contributed by atoms with van der Waals surface area (Å²) in [6.07, 6.45) is 12.5. The van der Waals surface area contributed by atoms with Gasteiger partial charge in [-0.3, -0.25) is 9.59 Å². The third kappa shape index (κ3) is 7.54. The maximum atomic E-state index is 12.9. The number of benzene rings is 2. The molecule has 0 saturated carbocycles. The molecule has 0 radical (unpaired) electrons. The topological polar surface area (TPSA) is 67.2 Å². The van der Waals surface area contributed by atoms with Crippen LogP contribution in [0.15, 0.2) is 60.7 Å². The minimum atomic E-state index is -0.0604. The lowest BCUT2D eigenvalue weighted by Gasteiger charge is -2.20. The van der Waals surface area contributed by atoms with Crippen LogP contribution >= 0.6 is 0 Å². The monoisotopic (exact) mass is 486 g/mol. The number of aromatic nitrogens is 2. The van der Waals surface area contributed by atoms with E-state index in [9.17, 15) is 9.59 Å². The highest BCUT2D eigenvalue weighted by molar-refractivity contribution is 5.91. The summed E-state index contributed by atoms with van der Waals surface area (Å²) in [5, 5.41) is 2.96. The Morgan fingerprint density at radius 1 is 0.889 bits per heavy atom. The number of amides is 2. The van der Waals surface area contributed by atoms with Crippen LogP contribution < -0.4 is 5.32 Å². The largest absolute Gasteiger partial charge is 0.353 e. The molecule has 0 aliphatic carbocycles. The van der Waals surface area contributed by atoms with Gasteiger partial charge in [0.15, 0.2) is 0 Å². The minimum Gasteiger partial charge on any atom is -0.353 e. The lowest BCUT2D eigenvalue weighted by molar-refractivity contribution is -0.131. The van der Waals surface area contributed by atoms with Crippen LogP contribution in [0.1, 0.15) is 62.8 Å². The summed E-state index contributed by atoms with van der Waals surface area (Å²) in [7, 11) is 0. The van der Waals surface area contributed by atoms with Crippen molar-refractivity contribution in [3.63, 3.8) is 0 Å². The van der Waals surface area contributed by atoms with Crippen molar-refractivity contribution in [3.8, 4) is 0 Å². The molecule has 36 heavy (non-hydrogen) atoms. The zero-order valence-corrected chi connectivity index (χ0v) is 21.2. The van der Waals surface area contributed by atoms with Gasteiger partial charge in [-0.1, -0.05) is 61.7 Å². The summed E-state index contributed by atoms with van der Waals surface area (Å²) in [6, 6.07) is 18.0. The van der Waals surface area contributed by atoms with E-state index >= 15 is 0 Å². The number of carbonyl (C=O) groups excluding carboxylic acids is 2. The molecule has 0 bridgehead atoms. The molecular formula is C30H38N4O2. The van der Waals surface area contributed by atoms with E-state index in [0.29, 0.717) is 19.5 Å². The Balaban J connectivity index is 1.23. The third-order valence-electron chi connectivity index (χ3n) is 6.84. The smallest absolute Gasteiger partial charge is 0.243 e. The number of carbonyl (C=O) groups is 2. The fourth-order valence-corrected chi connectivity index (χ4v) is 4.84. The number of para-hydroxylation sites is 2. The van der Waals surface area contributed by atoms with Gasteiger partial charge in [0.1, 0.15) is 5.82 Å². The molecule has 2 aromatic carbocycles. The second-order valence-electron chi connectivity index (χ2n) is 9.56. The molecule has 3 aromatic rings. The second-order valence-corrected chi connectivity index (χ2v) is 9.56. The van der Waals surface area contributed by atoms with Gasteiger partial charge in [-0.15, -0.1) is 0 Å². The number of hydrogen-bond acceptors (Lipinski definition) is 3. The first kappa shape index (κ1) is 25.7. The molecule has 0 unspecified atom stereocenters. The van der Waals surface area contributed by atoms with Crippen LogP contribution in [0.25, 0.3) is 17.1 Å². The SMILES string of the molecule is O=C(/C=C/c1ccccc1)NCCCCCc1nc2ccccc2n1CCC(=O)N1CCCCCC1. The van der Waals surface area contributed by atoms with Gasteiger partial charge < -0.3 is 14.8 Å². The predicted molar refractivity (Wildman–Crippen MR) is 145 cm³/mol. The van der Waals surface area contributed by atoms with E-state index < -0.39 is 0 Å². The number of likely N-dealkylation sites (tertiary alicyclic amines) is 1. The third-order valence-corrected chi connectivity index (χ3v) is 6.84. The highest BCUT2D eigenvalue weighted by atomic mass is 16.2. The van der Waals surface area contributed by atoms with Crippen LogP contribution in [0.2, 0.25) is 0 Å². The molecule has 1 aliphatic rings. The van der Waals surface area contributed by atoms with Crippen molar-refractivity contribution in [2.45, 2.75) is 64.3 Å². The maximum absolute atomic E-state index is 12.9. The average Bonchev–Trinajstić information content (AvgIpc) is 3.05. The van der Waals surface area contributed by atoms with Crippen molar-refractivity contribution in [1.29, 1.82) is 0 Å². The summed E-state index contributed by atoms with van der Waals surface area (Å²) < 4.78 is 2.24. The molecule has 2 amide bonds. The van der Waals surface area contributed by atoms with Crippen molar-refractivity contribution in [3.05, 3.63) is 72.1 Å². The summed E-state index contributed by atoms with van der Waals surface area (Å²) in [5.41, 5.74) is 3.12. The Hall–Kier alpha value is -3.41. The Bertz CT molecular complexity index is 1140. The van der Waals surface area contributed by atoms with Crippen molar-refractivity contribution in [1.82, 2.24) is 19.8 Å². The van der Waals surface area contributed by atoms with Crippen LogP contribution in [0.4, 0.5) is 0 Å². The standard InChI is InChI=1S/C30H38N4O2/c35-29(19-18-25-13-5-3-6-14-25)31-21-10-4-7-17-28-32-26-15-8-9-16-27(26)34(28)24-20-30(36)33-22-11-1-2-12-23-33/h3,5-6,8-9,13-16,18-19H,1-2,4,7,10-12,17,20-24H2,(H,31,35)/b19-18+. The highest BCUT2D eigenvalue weighted by Gasteiger charge is 2.17. The van der Waals surface area contributed by atoms with Crippen LogP contribution in [-0.2, 0) is 22.6 Å². The van der Waals surface area contributed by atoms with Gasteiger partial charge in [0, 0.05) is 45.1 Å². The number of nitrogens with one attached hydrogen (secondary N) is 1. The van der Waals surface area contributed by atoms with Crippen LogP contribution in [-0.4, -0.2) is 45.9 Å². The highest BCUT2D eigenvalue weighted by Crippen LogP contribution is 2.19. The summed E-state index contributed by atoms with van der Waals surface area (Å²) >= 11 is 0. The molecule has 6 heteroatoms. The van der Waals surface area contributed by atoms with Gasteiger partial charge in [-0.05, 0) is 49.5 Å². The van der Waals surface area contributed by atoms with Gasteiger partial charge in [-0.2, -0.15) is 0 Å². The lowest BCUT2D eigenvalue weighted by Crippen LogP contribution is -2.32. The quantitative estimate of drug-likeness (QED) is 0.293. The number of unbranched alkanes of at least 4 members (excludes halogenated alkanes) is 2. The lowest BCUT2D eigenvalue weighted by atomic mass is 10.2. The van der Waals surface area contributed by atoms with Gasteiger partial charge in [0.05, 0.1) is 11.0 Å². The van der Waals surface area contributed by atoms with E-state index in [1.807, 2.05) is 54.6 Å². The molecule has 4 rings (SSSR count). The van der Waals surface area contributed by atoms with Gasteiger partial charge in [0.2, 0.25) is 11.8 Å². The summed E-state index contributed by atoms with van der Waals surface area (Å²) in [4.78, 5) is 31.8. The Kier molecular flexibility index (Phi) is 9.71. The van der Waals surface area contributed by atoms with E-state index in [1.165, 1.54) is 12.8 Å². The van der Waals surface area contributed by atoms with E-state index in [1.54, 1.807) is 6.08 Å². The first-order valence-electron chi connectivity index (χ1n) is 13.4. The molecule has 0 spiro atoms. The van der Waals surface area contributed by atoms with Gasteiger partial charge in [-0.25, -0.2) is 4.98 Å². The Morgan fingerprint density at radius 3 is 2.44 bits per heavy atom. The van der Waals surface area contributed by atoms with Gasteiger partial charge >= 0.3 is 0 Å². The van der Waals surface area contributed by atoms with Crippen molar-refractivity contribution in [2.75, 3.05) is 19.6 Å². The average molecular weight is 487 g/mol. The molecule has 6 nitrogen and oxygen atoms in total. The maximum Gasteiger partial charge on any atom is 0.243 e. The molecule has 1 fully saturated rings. The minimum absolute atomic E-state index is 0.0604. The van der Waals surface area contributed by atoms with E-state index in [4.69, 9.17) is 4.98 Å². The molecule has 1 saturated heterocycles. The number of nitrogens with zero attached hydrogens (tertiary/aromatic N) is 3. The van der Waals surface area contributed by atoms with Crippen molar-refractivity contribution < 1.29 is 9.59 Å². The second kappa shape index (κ2) is 13.6. The van der Waals surface area contributed by atoms with Crippen LogP contribution in [0.3, 0.4) is 0 Å². The summed E-state index contributed by atoms with van der Waals surface area (Å²) in [6.45, 7) is 3.14. The number of rotatable bonds is 11. The molecular weight excluding hydrogens is 448 g/mol. The van der Waals surface area contributed by atoms with E-state index in [-0.39, 0.29) is 11.8 Å². The molecule has 1 N–H and O–H groups in total. The molecule has 1 aromatic heterocycles. The fourth-order valence-electron chi connectivity index (χ4n) is 4.84. The Labute approximate surface area is 214 Å². The number of fused-ring (bicyclic) bond motifs is 1. The summed E-state index contributed by atoms with van der Waals surface area (Å²) in [5.74, 6) is 1.25. The molecule has 0 atom stereocenters. The molecule has 190 valence electrons. The first-order valence-corrected chi connectivity index (χ1v) is 13.4. The van der Waals surface area contributed by atoms with Crippen LogP contribution in [0.5, 0.6) is 0 Å². The normalized spacial score (nSPS) is 14.3. The number of imidazole rings is 1. The predicted octanol–water partition coefficient (Wildman–Crippen LogP) is 5.37. The Morgan fingerprint density at radius 2 is 1.64 bits per heavy atom. The zero-order chi connectivity index (χ0) is 25.0. The van der Waals surface area contributed by atoms with E-state index in [0.717, 1.165) is 74.0 Å². The van der Waals surface area contributed by atoms with E-state index in [2.05, 4.69) is 20.9 Å². The fraction of sp³-hybridized carbons (Fsp3) is 0.433. The van der Waals surface area contributed by atoms with Crippen molar-refractivity contribution in [2.24, 2.45) is 0 Å². The number of aryl methyl sites for hydroxylation is 2. The van der Waals surface area contributed by atoms with Crippen molar-refractivity contribution >= 4 is 28.9 Å². The van der Waals surface area contributed by atoms with Crippen LogP contribution in [0, 0.1) is 0 Å². The zero-order valence-electron chi connectivity index (χ0n) is 21.2. The molecule has 2 heterocycles. The molecule has 1 aliphatic heterocycles. The first-order chi connectivity index (χ1) is 17.7.